The summed E-state index contributed by atoms with van der Waals surface area (Å²) in [4.78, 5) is 2.47. The predicted octanol–water partition coefficient (Wildman–Crippen LogP) is 7.57. The van der Waals surface area contributed by atoms with Crippen LogP contribution in [0.3, 0.4) is 0 Å². The molecule has 1 unspecified atom stereocenters. The maximum absolute atomic E-state index is 13.2. The van der Waals surface area contributed by atoms with Gasteiger partial charge in [-0.3, -0.25) is 0 Å². The Hall–Kier alpha value is -1.91. The number of halogens is 4. The summed E-state index contributed by atoms with van der Waals surface area (Å²) >= 11 is 7.49. The van der Waals surface area contributed by atoms with Crippen LogP contribution in [0.5, 0.6) is 0 Å². The molecule has 3 aromatic rings. The highest BCUT2D eigenvalue weighted by Gasteiger charge is 2.33. The van der Waals surface area contributed by atoms with Crippen LogP contribution in [0.15, 0.2) is 70.5 Å². The first-order chi connectivity index (χ1) is 12.8. The average Bonchev–Trinajstić information content (AvgIpc) is 2.64. The summed E-state index contributed by atoms with van der Waals surface area (Å²) < 4.78 is 39.5. The quantitative estimate of drug-likeness (QED) is 0.332. The van der Waals surface area contributed by atoms with E-state index < -0.39 is 11.7 Å². The first-order valence-electron chi connectivity index (χ1n) is 8.58. The Morgan fingerprint density at radius 3 is 2.33 bits per heavy atom. The zero-order chi connectivity index (χ0) is 19.2. The van der Waals surface area contributed by atoms with Crippen LogP contribution in [0.1, 0.15) is 40.7 Å². The van der Waals surface area contributed by atoms with Crippen LogP contribution in [0, 0.1) is 0 Å². The van der Waals surface area contributed by atoms with Crippen molar-refractivity contribution in [1.82, 2.24) is 0 Å². The van der Waals surface area contributed by atoms with Crippen molar-refractivity contribution in [2.75, 3.05) is 0 Å². The Morgan fingerprint density at radius 2 is 1.56 bits per heavy atom. The monoisotopic (exact) mass is 404 g/mol. The van der Waals surface area contributed by atoms with E-state index in [1.54, 1.807) is 17.8 Å². The highest BCUT2D eigenvalue weighted by Crippen LogP contribution is 2.42. The van der Waals surface area contributed by atoms with Crippen molar-refractivity contribution in [1.29, 1.82) is 0 Å². The lowest BCUT2D eigenvalue weighted by Crippen LogP contribution is -2.08. The molecule has 0 bridgehead atoms. The van der Waals surface area contributed by atoms with Gasteiger partial charge in [-0.15, -0.1) is 0 Å². The SMILES string of the molecule is CC(c1ccc2c(c1)Cc1ccccc1S2)c1ccc(Cl)c(C(F)(F)F)c1. The summed E-state index contributed by atoms with van der Waals surface area (Å²) in [5, 5.41) is -0.267. The van der Waals surface area contributed by atoms with E-state index in [9.17, 15) is 13.2 Å². The van der Waals surface area contributed by atoms with E-state index >= 15 is 0 Å². The summed E-state index contributed by atoms with van der Waals surface area (Å²) in [5.41, 5.74) is 3.33. The van der Waals surface area contributed by atoms with Crippen LogP contribution < -0.4 is 0 Å². The molecule has 27 heavy (non-hydrogen) atoms. The highest BCUT2D eigenvalue weighted by molar-refractivity contribution is 7.99. The third-order valence-electron chi connectivity index (χ3n) is 4.95. The molecule has 0 nitrogen and oxygen atoms in total. The summed E-state index contributed by atoms with van der Waals surface area (Å²) in [5.74, 6) is -0.157. The molecular formula is C22H16ClF3S. The molecule has 0 amide bonds. The van der Waals surface area contributed by atoms with Crippen LogP contribution in [0.4, 0.5) is 13.2 Å². The molecule has 0 radical (unpaired) electrons. The Bertz CT molecular complexity index is 1010. The molecule has 0 spiro atoms. The van der Waals surface area contributed by atoms with Gasteiger partial charge in [-0.25, -0.2) is 0 Å². The summed E-state index contributed by atoms with van der Waals surface area (Å²) in [6, 6.07) is 18.7. The van der Waals surface area contributed by atoms with Crippen molar-refractivity contribution in [2.45, 2.75) is 35.2 Å². The molecule has 138 valence electrons. The van der Waals surface area contributed by atoms with Crippen LogP contribution in [-0.2, 0) is 12.6 Å². The van der Waals surface area contributed by atoms with Crippen molar-refractivity contribution in [2.24, 2.45) is 0 Å². The van der Waals surface area contributed by atoms with Gasteiger partial charge in [0.2, 0.25) is 0 Å². The average molecular weight is 405 g/mol. The second-order valence-electron chi connectivity index (χ2n) is 6.71. The normalized spacial score (nSPS) is 14.4. The highest BCUT2D eigenvalue weighted by atomic mass is 35.5. The van der Waals surface area contributed by atoms with Gasteiger partial charge in [0.05, 0.1) is 10.6 Å². The smallest absolute Gasteiger partial charge is 0.166 e. The van der Waals surface area contributed by atoms with Crippen LogP contribution in [0.25, 0.3) is 0 Å². The Morgan fingerprint density at radius 1 is 0.889 bits per heavy atom. The zero-order valence-electron chi connectivity index (χ0n) is 14.5. The van der Waals surface area contributed by atoms with Crippen molar-refractivity contribution < 1.29 is 13.2 Å². The summed E-state index contributed by atoms with van der Waals surface area (Å²) in [7, 11) is 0. The van der Waals surface area contributed by atoms with E-state index in [0.717, 1.165) is 18.1 Å². The number of hydrogen-bond donors (Lipinski definition) is 0. The Balaban J connectivity index is 1.67. The minimum atomic E-state index is -4.46. The van der Waals surface area contributed by atoms with Crippen molar-refractivity contribution >= 4 is 23.4 Å². The lowest BCUT2D eigenvalue weighted by atomic mass is 9.90. The molecule has 1 atom stereocenters. The number of benzene rings is 3. The lowest BCUT2D eigenvalue weighted by Gasteiger charge is -2.22. The van der Waals surface area contributed by atoms with E-state index in [-0.39, 0.29) is 10.9 Å². The van der Waals surface area contributed by atoms with Gasteiger partial charge in [-0.05, 0) is 52.9 Å². The van der Waals surface area contributed by atoms with E-state index in [2.05, 4.69) is 24.3 Å². The predicted molar refractivity (Wildman–Crippen MR) is 104 cm³/mol. The van der Waals surface area contributed by atoms with Crippen molar-refractivity contribution in [3.8, 4) is 0 Å². The van der Waals surface area contributed by atoms with Gasteiger partial charge in [0.1, 0.15) is 0 Å². The lowest BCUT2D eigenvalue weighted by molar-refractivity contribution is -0.137. The largest absolute Gasteiger partial charge is 0.417 e. The fraction of sp³-hybridized carbons (Fsp3) is 0.182. The Kier molecular flexibility index (Phi) is 4.73. The fourth-order valence-electron chi connectivity index (χ4n) is 3.40. The van der Waals surface area contributed by atoms with E-state index in [1.807, 2.05) is 25.1 Å². The summed E-state index contributed by atoms with van der Waals surface area (Å²) in [6.45, 7) is 1.93. The van der Waals surface area contributed by atoms with Crippen LogP contribution in [-0.4, -0.2) is 0 Å². The molecule has 0 N–H and O–H groups in total. The molecule has 0 fully saturated rings. The molecule has 0 aliphatic carbocycles. The van der Waals surface area contributed by atoms with E-state index in [4.69, 9.17) is 11.6 Å². The molecule has 0 saturated heterocycles. The molecule has 1 aliphatic rings. The van der Waals surface area contributed by atoms with Crippen molar-refractivity contribution in [3.05, 3.63) is 93.5 Å². The number of rotatable bonds is 2. The molecule has 1 heterocycles. The molecule has 4 rings (SSSR count). The first-order valence-corrected chi connectivity index (χ1v) is 9.77. The van der Waals surface area contributed by atoms with Gasteiger partial charge in [0.25, 0.3) is 0 Å². The van der Waals surface area contributed by atoms with E-state index in [0.29, 0.717) is 5.56 Å². The standard InChI is InChI=1S/C22H16ClF3S/c1-13(15-6-8-19(23)18(12-15)22(24,25)26)14-7-9-21-17(10-14)11-16-4-2-3-5-20(16)27-21/h2-10,12-13H,11H2,1H3. The van der Waals surface area contributed by atoms with Gasteiger partial charge in [0.15, 0.2) is 0 Å². The third kappa shape index (κ3) is 3.61. The summed E-state index contributed by atoms with van der Waals surface area (Å²) in [6.07, 6.45) is -3.61. The molecule has 5 heteroatoms. The zero-order valence-corrected chi connectivity index (χ0v) is 16.1. The molecular weight excluding hydrogens is 389 g/mol. The fourth-order valence-corrected chi connectivity index (χ4v) is 4.68. The van der Waals surface area contributed by atoms with Gasteiger partial charge >= 0.3 is 6.18 Å². The van der Waals surface area contributed by atoms with Crippen molar-refractivity contribution in [3.63, 3.8) is 0 Å². The molecule has 3 aromatic carbocycles. The number of alkyl halides is 3. The Labute approximate surface area is 165 Å². The number of fused-ring (bicyclic) bond motifs is 2. The maximum Gasteiger partial charge on any atom is 0.417 e. The third-order valence-corrected chi connectivity index (χ3v) is 6.52. The minimum Gasteiger partial charge on any atom is -0.166 e. The molecule has 1 aliphatic heterocycles. The van der Waals surface area contributed by atoms with Crippen LogP contribution >= 0.6 is 23.4 Å². The molecule has 0 aromatic heterocycles. The minimum absolute atomic E-state index is 0.157. The molecule has 0 saturated carbocycles. The number of hydrogen-bond acceptors (Lipinski definition) is 1. The second-order valence-corrected chi connectivity index (χ2v) is 8.20. The van der Waals surface area contributed by atoms with Gasteiger partial charge in [-0.2, -0.15) is 13.2 Å². The maximum atomic E-state index is 13.2. The van der Waals surface area contributed by atoms with Gasteiger partial charge in [-0.1, -0.05) is 66.7 Å². The van der Waals surface area contributed by atoms with E-state index in [1.165, 1.54) is 27.0 Å². The first kappa shape index (κ1) is 18.5. The topological polar surface area (TPSA) is 0 Å². The van der Waals surface area contributed by atoms with Gasteiger partial charge in [0, 0.05) is 15.7 Å². The second kappa shape index (κ2) is 6.92. The van der Waals surface area contributed by atoms with Gasteiger partial charge < -0.3 is 0 Å². The van der Waals surface area contributed by atoms with Crippen LogP contribution in [0.2, 0.25) is 5.02 Å².